The van der Waals surface area contributed by atoms with Gasteiger partial charge in [-0.1, -0.05) is 30.3 Å². The van der Waals surface area contributed by atoms with E-state index in [-0.39, 0.29) is 5.82 Å². The minimum Gasteiger partial charge on any atom is -0.378 e. The molecule has 1 aromatic heterocycles. The summed E-state index contributed by atoms with van der Waals surface area (Å²) in [5.41, 5.74) is 2.63. The number of halogens is 1. The van der Waals surface area contributed by atoms with E-state index in [4.69, 9.17) is 4.74 Å². The number of nitrogens with zero attached hydrogens (tertiary/aromatic N) is 3. The zero-order valence-electron chi connectivity index (χ0n) is 15.4. The predicted molar refractivity (Wildman–Crippen MR) is 109 cm³/mol. The summed E-state index contributed by atoms with van der Waals surface area (Å²) in [6.45, 7) is 3.50. The molecule has 4 rings (SSSR count). The molecule has 0 spiro atoms. The van der Waals surface area contributed by atoms with Gasteiger partial charge in [0.2, 0.25) is 5.95 Å². The van der Waals surface area contributed by atoms with Crippen molar-refractivity contribution in [3.05, 3.63) is 72.2 Å². The van der Waals surface area contributed by atoms with E-state index >= 15 is 0 Å². The third kappa shape index (κ3) is 4.37. The number of aromatic nitrogens is 2. The summed E-state index contributed by atoms with van der Waals surface area (Å²) in [5, 5.41) is 6.45. The van der Waals surface area contributed by atoms with E-state index in [0.29, 0.717) is 23.9 Å². The van der Waals surface area contributed by atoms with Crippen LogP contribution >= 0.6 is 0 Å². The molecule has 1 aliphatic heterocycles. The maximum Gasteiger partial charge on any atom is 0.229 e. The lowest BCUT2D eigenvalue weighted by Crippen LogP contribution is -2.36. The van der Waals surface area contributed by atoms with Crippen LogP contribution in [0.3, 0.4) is 0 Å². The van der Waals surface area contributed by atoms with Crippen molar-refractivity contribution in [3.8, 4) is 0 Å². The summed E-state index contributed by atoms with van der Waals surface area (Å²) >= 11 is 0. The lowest BCUT2D eigenvalue weighted by molar-refractivity contribution is 0.123. The van der Waals surface area contributed by atoms with Gasteiger partial charge < -0.3 is 20.3 Å². The van der Waals surface area contributed by atoms with Crippen LogP contribution in [0.15, 0.2) is 60.8 Å². The van der Waals surface area contributed by atoms with Gasteiger partial charge in [0.05, 0.1) is 24.6 Å². The van der Waals surface area contributed by atoms with Gasteiger partial charge in [0.15, 0.2) is 0 Å². The molecule has 0 aliphatic carbocycles. The Balaban J connectivity index is 1.47. The van der Waals surface area contributed by atoms with Gasteiger partial charge in [-0.2, -0.15) is 4.98 Å². The summed E-state index contributed by atoms with van der Waals surface area (Å²) in [7, 11) is 0. The molecule has 0 radical (unpaired) electrons. The number of anilines is 4. The van der Waals surface area contributed by atoms with Crippen LogP contribution < -0.4 is 15.5 Å². The Morgan fingerprint density at radius 1 is 1.00 bits per heavy atom. The molecule has 7 heteroatoms. The van der Waals surface area contributed by atoms with Crippen molar-refractivity contribution in [2.24, 2.45) is 0 Å². The predicted octanol–water partition coefficient (Wildman–Crippen LogP) is 3.81. The second kappa shape index (κ2) is 8.67. The highest BCUT2D eigenvalue weighted by molar-refractivity contribution is 5.73. The van der Waals surface area contributed by atoms with E-state index in [2.05, 4.69) is 31.6 Å². The summed E-state index contributed by atoms with van der Waals surface area (Å²) in [5.74, 6) is 0.880. The molecule has 1 saturated heterocycles. The van der Waals surface area contributed by atoms with E-state index in [1.165, 1.54) is 6.07 Å². The molecule has 1 fully saturated rings. The molecule has 28 heavy (non-hydrogen) atoms. The maximum absolute atomic E-state index is 13.8. The first-order chi connectivity index (χ1) is 13.8. The van der Waals surface area contributed by atoms with Gasteiger partial charge in [0.25, 0.3) is 0 Å². The number of nitrogens with one attached hydrogen (secondary N) is 2. The van der Waals surface area contributed by atoms with Crippen molar-refractivity contribution < 1.29 is 9.13 Å². The SMILES string of the molecule is Fc1ccccc1CNc1ccnc(Nc2ccccc2N2CCOCC2)n1. The van der Waals surface area contributed by atoms with Crippen molar-refractivity contribution in [2.45, 2.75) is 6.54 Å². The smallest absolute Gasteiger partial charge is 0.229 e. The highest BCUT2D eigenvalue weighted by Gasteiger charge is 2.15. The topological polar surface area (TPSA) is 62.3 Å². The number of morpholine rings is 1. The van der Waals surface area contributed by atoms with Crippen molar-refractivity contribution in [1.29, 1.82) is 0 Å². The van der Waals surface area contributed by atoms with Crippen LogP contribution in [0, 0.1) is 5.82 Å². The fraction of sp³-hybridized carbons (Fsp3) is 0.238. The van der Waals surface area contributed by atoms with Crippen molar-refractivity contribution >= 4 is 23.1 Å². The van der Waals surface area contributed by atoms with Gasteiger partial charge in [-0.05, 0) is 24.3 Å². The van der Waals surface area contributed by atoms with E-state index in [9.17, 15) is 4.39 Å². The zero-order valence-corrected chi connectivity index (χ0v) is 15.4. The van der Waals surface area contributed by atoms with Gasteiger partial charge in [0.1, 0.15) is 11.6 Å². The summed E-state index contributed by atoms with van der Waals surface area (Å²) in [4.78, 5) is 11.1. The van der Waals surface area contributed by atoms with E-state index in [1.54, 1.807) is 24.4 Å². The molecule has 144 valence electrons. The molecule has 2 aromatic carbocycles. The second-order valence-electron chi connectivity index (χ2n) is 6.45. The van der Waals surface area contributed by atoms with Crippen LogP contribution in [-0.4, -0.2) is 36.3 Å². The lowest BCUT2D eigenvalue weighted by atomic mass is 10.2. The van der Waals surface area contributed by atoms with Gasteiger partial charge in [0, 0.05) is 31.4 Å². The molecule has 3 aromatic rings. The van der Waals surface area contributed by atoms with Crippen LogP contribution in [0.4, 0.5) is 27.5 Å². The molecule has 2 N–H and O–H groups in total. The Hall–Kier alpha value is -3.19. The average Bonchev–Trinajstić information content (AvgIpc) is 2.74. The Kier molecular flexibility index (Phi) is 5.63. The monoisotopic (exact) mass is 379 g/mol. The maximum atomic E-state index is 13.8. The number of para-hydroxylation sites is 2. The van der Waals surface area contributed by atoms with Crippen LogP contribution in [-0.2, 0) is 11.3 Å². The van der Waals surface area contributed by atoms with Crippen LogP contribution in [0.5, 0.6) is 0 Å². The Labute approximate surface area is 163 Å². The minimum absolute atomic E-state index is 0.234. The fourth-order valence-corrected chi connectivity index (χ4v) is 3.12. The summed E-state index contributed by atoms with van der Waals surface area (Å²) in [6, 6.07) is 16.5. The lowest BCUT2D eigenvalue weighted by Gasteiger charge is -2.30. The highest BCUT2D eigenvalue weighted by atomic mass is 19.1. The number of ether oxygens (including phenoxy) is 1. The molecule has 6 nitrogen and oxygen atoms in total. The van der Waals surface area contributed by atoms with Gasteiger partial charge in [-0.25, -0.2) is 9.37 Å². The standard InChI is InChI=1S/C21H22FN5O/c22-17-6-2-1-5-16(17)15-24-20-9-10-23-21(26-20)25-18-7-3-4-8-19(18)27-11-13-28-14-12-27/h1-10H,11-15H2,(H2,23,24,25,26). The quantitative estimate of drug-likeness (QED) is 0.679. The first kappa shape index (κ1) is 18.2. The largest absolute Gasteiger partial charge is 0.378 e. The van der Waals surface area contributed by atoms with Crippen molar-refractivity contribution in [1.82, 2.24) is 9.97 Å². The normalized spacial score (nSPS) is 14.0. The van der Waals surface area contributed by atoms with E-state index in [1.807, 2.05) is 24.3 Å². The highest BCUT2D eigenvalue weighted by Crippen LogP contribution is 2.28. The minimum atomic E-state index is -0.234. The molecular formula is C21H22FN5O. The zero-order chi connectivity index (χ0) is 19.2. The molecule has 0 amide bonds. The molecular weight excluding hydrogens is 357 g/mol. The van der Waals surface area contributed by atoms with Crippen molar-refractivity contribution in [3.63, 3.8) is 0 Å². The molecule has 0 saturated carbocycles. The van der Waals surface area contributed by atoms with Gasteiger partial charge in [-0.15, -0.1) is 0 Å². The third-order valence-electron chi connectivity index (χ3n) is 4.58. The molecule has 0 atom stereocenters. The fourth-order valence-electron chi connectivity index (χ4n) is 3.12. The number of hydrogen-bond acceptors (Lipinski definition) is 6. The van der Waals surface area contributed by atoms with E-state index in [0.717, 1.165) is 37.7 Å². The molecule has 0 unspecified atom stereocenters. The first-order valence-electron chi connectivity index (χ1n) is 9.29. The Morgan fingerprint density at radius 3 is 2.64 bits per heavy atom. The molecule has 1 aliphatic rings. The molecule has 2 heterocycles. The summed E-state index contributed by atoms with van der Waals surface area (Å²) in [6.07, 6.45) is 1.68. The Morgan fingerprint density at radius 2 is 1.79 bits per heavy atom. The summed E-state index contributed by atoms with van der Waals surface area (Å²) < 4.78 is 19.2. The Bertz CT molecular complexity index is 930. The average molecular weight is 379 g/mol. The van der Waals surface area contributed by atoms with Crippen molar-refractivity contribution in [2.75, 3.05) is 41.8 Å². The van der Waals surface area contributed by atoms with Gasteiger partial charge in [-0.3, -0.25) is 0 Å². The van der Waals surface area contributed by atoms with Crippen LogP contribution in [0.2, 0.25) is 0 Å². The number of rotatable bonds is 6. The van der Waals surface area contributed by atoms with Crippen LogP contribution in [0.1, 0.15) is 5.56 Å². The van der Waals surface area contributed by atoms with Gasteiger partial charge >= 0.3 is 0 Å². The van der Waals surface area contributed by atoms with Crippen LogP contribution in [0.25, 0.3) is 0 Å². The molecule has 0 bridgehead atoms. The number of benzene rings is 2. The second-order valence-corrected chi connectivity index (χ2v) is 6.45. The number of hydrogen-bond donors (Lipinski definition) is 2. The third-order valence-corrected chi connectivity index (χ3v) is 4.58. The first-order valence-corrected chi connectivity index (χ1v) is 9.29. The van der Waals surface area contributed by atoms with E-state index < -0.39 is 0 Å².